The molecule has 0 unspecified atom stereocenters. The summed E-state index contributed by atoms with van der Waals surface area (Å²) in [5.41, 5.74) is -0.216. The van der Waals surface area contributed by atoms with Crippen LogP contribution < -0.4 is 0 Å². The number of hydrogen-bond acceptors (Lipinski definition) is 3. The van der Waals surface area contributed by atoms with Crippen LogP contribution in [-0.4, -0.2) is 32.7 Å². The van der Waals surface area contributed by atoms with E-state index >= 15 is 0 Å². The molecule has 0 bridgehead atoms. The van der Waals surface area contributed by atoms with E-state index in [0.717, 1.165) is 6.42 Å². The summed E-state index contributed by atoms with van der Waals surface area (Å²) in [6.07, 6.45) is 1.41. The van der Waals surface area contributed by atoms with Crippen LogP contribution in [0.15, 0.2) is 0 Å². The Morgan fingerprint density at radius 1 is 1.14 bits per heavy atom. The minimum absolute atomic E-state index is 0.216. The number of rotatable bonds is 7. The second-order valence-corrected chi connectivity index (χ2v) is 4.38. The van der Waals surface area contributed by atoms with Crippen molar-refractivity contribution in [3.05, 3.63) is 0 Å². The molecule has 0 amide bonds. The molecule has 0 saturated heterocycles. The zero-order chi connectivity index (χ0) is 11.0. The Balaban J connectivity index is 3.33. The molecule has 84 valence electrons. The van der Waals surface area contributed by atoms with Crippen molar-refractivity contribution in [2.75, 3.05) is 26.9 Å². The van der Waals surface area contributed by atoms with Gasteiger partial charge >= 0.3 is 0 Å². The lowest BCUT2D eigenvalue weighted by Gasteiger charge is -2.16. The highest BCUT2D eigenvalue weighted by Crippen LogP contribution is 2.17. The van der Waals surface area contributed by atoms with E-state index in [0.29, 0.717) is 32.0 Å². The van der Waals surface area contributed by atoms with Gasteiger partial charge in [-0.1, -0.05) is 20.8 Å². The van der Waals surface area contributed by atoms with Gasteiger partial charge in [-0.3, -0.25) is 4.79 Å². The van der Waals surface area contributed by atoms with E-state index in [1.54, 1.807) is 7.11 Å². The molecular formula is C11H22O3. The maximum atomic E-state index is 11.5. The minimum Gasteiger partial charge on any atom is -0.382 e. The van der Waals surface area contributed by atoms with Crippen LogP contribution in [0.25, 0.3) is 0 Å². The number of carbonyl (C=O) groups is 1. The molecule has 0 radical (unpaired) electrons. The van der Waals surface area contributed by atoms with Gasteiger partial charge in [-0.15, -0.1) is 0 Å². The van der Waals surface area contributed by atoms with Crippen LogP contribution in [0.1, 0.15) is 33.6 Å². The summed E-state index contributed by atoms with van der Waals surface area (Å²) >= 11 is 0. The summed E-state index contributed by atoms with van der Waals surface area (Å²) in [5.74, 6) is 0.299. The van der Waals surface area contributed by atoms with Crippen LogP contribution in [0, 0.1) is 5.41 Å². The first kappa shape index (κ1) is 13.6. The predicted octanol–water partition coefficient (Wildman–Crippen LogP) is 2.04. The maximum Gasteiger partial charge on any atom is 0.138 e. The first-order valence-corrected chi connectivity index (χ1v) is 5.08. The quantitative estimate of drug-likeness (QED) is 0.593. The number of ketones is 1. The normalized spacial score (nSPS) is 11.7. The van der Waals surface area contributed by atoms with Crippen LogP contribution in [0.2, 0.25) is 0 Å². The second kappa shape index (κ2) is 6.96. The van der Waals surface area contributed by atoms with E-state index in [1.807, 2.05) is 20.8 Å². The van der Waals surface area contributed by atoms with Crippen LogP contribution in [0.5, 0.6) is 0 Å². The summed E-state index contributed by atoms with van der Waals surface area (Å²) in [6, 6.07) is 0. The zero-order valence-electron chi connectivity index (χ0n) is 9.76. The number of carbonyl (C=O) groups excluding carboxylic acids is 1. The molecule has 0 N–H and O–H groups in total. The molecule has 0 aliphatic heterocycles. The Labute approximate surface area is 86.8 Å². The third-order valence-corrected chi connectivity index (χ3v) is 1.96. The average molecular weight is 202 g/mol. The summed E-state index contributed by atoms with van der Waals surface area (Å²) in [6.45, 7) is 7.71. The maximum absolute atomic E-state index is 11.5. The highest BCUT2D eigenvalue weighted by molar-refractivity contribution is 5.83. The molecule has 14 heavy (non-hydrogen) atoms. The van der Waals surface area contributed by atoms with Crippen molar-refractivity contribution in [2.24, 2.45) is 5.41 Å². The fraction of sp³-hybridized carbons (Fsp3) is 0.909. The molecule has 0 aromatic carbocycles. The van der Waals surface area contributed by atoms with Crippen molar-refractivity contribution < 1.29 is 14.3 Å². The Morgan fingerprint density at radius 2 is 1.79 bits per heavy atom. The summed E-state index contributed by atoms with van der Waals surface area (Å²) in [4.78, 5) is 11.5. The minimum atomic E-state index is -0.216. The van der Waals surface area contributed by atoms with Gasteiger partial charge in [0, 0.05) is 25.6 Å². The highest BCUT2D eigenvalue weighted by Gasteiger charge is 2.19. The molecule has 3 heteroatoms. The van der Waals surface area contributed by atoms with Crippen molar-refractivity contribution in [2.45, 2.75) is 33.6 Å². The Morgan fingerprint density at radius 3 is 2.29 bits per heavy atom. The molecule has 0 spiro atoms. The van der Waals surface area contributed by atoms with Gasteiger partial charge in [-0.25, -0.2) is 0 Å². The van der Waals surface area contributed by atoms with Crippen LogP contribution in [0.3, 0.4) is 0 Å². The van der Waals surface area contributed by atoms with E-state index in [-0.39, 0.29) is 5.41 Å². The number of methoxy groups -OCH3 is 1. The Kier molecular flexibility index (Phi) is 6.75. The van der Waals surface area contributed by atoms with Crippen molar-refractivity contribution >= 4 is 5.78 Å². The van der Waals surface area contributed by atoms with Gasteiger partial charge in [-0.05, 0) is 6.42 Å². The molecule has 0 atom stereocenters. The van der Waals surface area contributed by atoms with E-state index in [2.05, 4.69) is 0 Å². The number of Topliss-reactive ketones (excluding diaryl/α,β-unsaturated/α-hetero) is 1. The van der Waals surface area contributed by atoms with Gasteiger partial charge in [0.25, 0.3) is 0 Å². The first-order chi connectivity index (χ1) is 6.48. The fourth-order valence-corrected chi connectivity index (χ4v) is 0.954. The van der Waals surface area contributed by atoms with E-state index in [9.17, 15) is 4.79 Å². The smallest absolute Gasteiger partial charge is 0.138 e. The van der Waals surface area contributed by atoms with Crippen molar-refractivity contribution in [1.82, 2.24) is 0 Å². The topological polar surface area (TPSA) is 35.5 Å². The Bertz CT molecular complexity index is 158. The zero-order valence-corrected chi connectivity index (χ0v) is 9.76. The van der Waals surface area contributed by atoms with Crippen LogP contribution >= 0.6 is 0 Å². The number of ether oxygens (including phenoxy) is 2. The standard InChI is InChI=1S/C11H22O3/c1-11(2,3)10(12)6-5-7-14-9-8-13-4/h5-9H2,1-4H3. The van der Waals surface area contributed by atoms with Gasteiger partial charge in [0.1, 0.15) is 5.78 Å². The third-order valence-electron chi connectivity index (χ3n) is 1.96. The van der Waals surface area contributed by atoms with Gasteiger partial charge in [-0.2, -0.15) is 0 Å². The molecule has 0 aromatic rings. The molecule has 0 fully saturated rings. The highest BCUT2D eigenvalue weighted by atomic mass is 16.5. The van der Waals surface area contributed by atoms with E-state index in [1.165, 1.54) is 0 Å². The monoisotopic (exact) mass is 202 g/mol. The predicted molar refractivity (Wildman–Crippen MR) is 56.4 cm³/mol. The van der Waals surface area contributed by atoms with Crippen molar-refractivity contribution in [3.8, 4) is 0 Å². The summed E-state index contributed by atoms with van der Waals surface area (Å²) in [5, 5.41) is 0. The molecule has 0 aromatic heterocycles. The summed E-state index contributed by atoms with van der Waals surface area (Å²) < 4.78 is 10.1. The largest absolute Gasteiger partial charge is 0.382 e. The Hall–Kier alpha value is -0.410. The lowest BCUT2D eigenvalue weighted by Crippen LogP contribution is -2.20. The van der Waals surface area contributed by atoms with E-state index in [4.69, 9.17) is 9.47 Å². The molecule has 0 aliphatic carbocycles. The molecule has 3 nitrogen and oxygen atoms in total. The average Bonchev–Trinajstić information content (AvgIpc) is 2.09. The van der Waals surface area contributed by atoms with Crippen molar-refractivity contribution in [1.29, 1.82) is 0 Å². The molecule has 0 rings (SSSR count). The lowest BCUT2D eigenvalue weighted by molar-refractivity contribution is -0.126. The van der Waals surface area contributed by atoms with Crippen LogP contribution in [-0.2, 0) is 14.3 Å². The van der Waals surface area contributed by atoms with Crippen LogP contribution in [0.4, 0.5) is 0 Å². The van der Waals surface area contributed by atoms with Gasteiger partial charge < -0.3 is 9.47 Å². The van der Waals surface area contributed by atoms with Gasteiger partial charge in [0.2, 0.25) is 0 Å². The van der Waals surface area contributed by atoms with Gasteiger partial charge in [0.05, 0.1) is 13.2 Å². The van der Waals surface area contributed by atoms with Gasteiger partial charge in [0.15, 0.2) is 0 Å². The third kappa shape index (κ3) is 7.04. The molecule has 0 heterocycles. The molecule has 0 aliphatic rings. The summed E-state index contributed by atoms with van der Waals surface area (Å²) in [7, 11) is 1.65. The first-order valence-electron chi connectivity index (χ1n) is 5.08. The molecular weight excluding hydrogens is 180 g/mol. The fourth-order valence-electron chi connectivity index (χ4n) is 0.954. The second-order valence-electron chi connectivity index (χ2n) is 4.38. The SMILES string of the molecule is COCCOCCCC(=O)C(C)(C)C. The molecule has 0 saturated carbocycles. The number of hydrogen-bond donors (Lipinski definition) is 0. The van der Waals surface area contributed by atoms with E-state index < -0.39 is 0 Å². The van der Waals surface area contributed by atoms with Crippen molar-refractivity contribution in [3.63, 3.8) is 0 Å². The lowest BCUT2D eigenvalue weighted by atomic mass is 9.88.